The Morgan fingerprint density at radius 2 is 1.30 bits per heavy atom. The van der Waals surface area contributed by atoms with Crippen LogP contribution >= 0.6 is 0 Å². The van der Waals surface area contributed by atoms with Crippen LogP contribution in [-0.4, -0.2) is 63.2 Å². The lowest BCUT2D eigenvalue weighted by Gasteiger charge is -2.22. The van der Waals surface area contributed by atoms with Gasteiger partial charge in [-0.05, 0) is 24.8 Å². The second-order valence-corrected chi connectivity index (χ2v) is 6.62. The Morgan fingerprint density at radius 3 is 1.80 bits per heavy atom. The van der Waals surface area contributed by atoms with E-state index in [0.717, 1.165) is 5.56 Å². The van der Waals surface area contributed by atoms with Gasteiger partial charge in [-0.25, -0.2) is 4.79 Å². The first kappa shape index (κ1) is 24.6. The number of nitrogens with one attached hydrogen (secondary N) is 2. The molecule has 0 aliphatic heterocycles. The van der Waals surface area contributed by atoms with Crippen molar-refractivity contribution in [1.29, 1.82) is 0 Å². The lowest BCUT2D eigenvalue weighted by atomic mass is 10.0. The Morgan fingerprint density at radius 1 is 0.800 bits per heavy atom. The van der Waals surface area contributed by atoms with Crippen LogP contribution in [0, 0.1) is 0 Å². The minimum atomic E-state index is -1.50. The predicted octanol–water partition coefficient (Wildman–Crippen LogP) is -0.660. The third kappa shape index (κ3) is 9.15. The lowest BCUT2D eigenvalue weighted by Crippen LogP contribution is -2.54. The first-order chi connectivity index (χ1) is 14.1. The van der Waals surface area contributed by atoms with Crippen LogP contribution in [0.5, 0.6) is 0 Å². The summed E-state index contributed by atoms with van der Waals surface area (Å²) in [4.78, 5) is 57.6. The largest absolute Gasteiger partial charge is 0.481 e. The molecular weight excluding hydrogens is 398 g/mol. The number of carbonyl (C=O) groups excluding carboxylic acids is 2. The highest BCUT2D eigenvalue weighted by Gasteiger charge is 2.28. The zero-order chi connectivity index (χ0) is 22.7. The van der Waals surface area contributed by atoms with Crippen LogP contribution in [0.25, 0.3) is 0 Å². The molecule has 30 heavy (non-hydrogen) atoms. The van der Waals surface area contributed by atoms with Crippen LogP contribution < -0.4 is 16.4 Å². The summed E-state index contributed by atoms with van der Waals surface area (Å²) >= 11 is 0. The maximum absolute atomic E-state index is 12.5. The van der Waals surface area contributed by atoms with Crippen molar-refractivity contribution in [3.63, 3.8) is 0 Å². The Bertz CT molecular complexity index is 768. The lowest BCUT2D eigenvalue weighted by molar-refractivity contribution is -0.144. The summed E-state index contributed by atoms with van der Waals surface area (Å²) in [5, 5.41) is 31.2. The minimum Gasteiger partial charge on any atom is -0.481 e. The summed E-state index contributed by atoms with van der Waals surface area (Å²) in [6, 6.07) is 5.00. The van der Waals surface area contributed by atoms with Crippen molar-refractivity contribution < 1.29 is 39.3 Å². The highest BCUT2D eigenvalue weighted by molar-refractivity contribution is 5.92. The van der Waals surface area contributed by atoms with Gasteiger partial charge in [-0.3, -0.25) is 19.2 Å². The van der Waals surface area contributed by atoms with Crippen molar-refractivity contribution in [2.45, 2.75) is 50.2 Å². The van der Waals surface area contributed by atoms with E-state index in [1.165, 1.54) is 0 Å². The second kappa shape index (κ2) is 12.2. The van der Waals surface area contributed by atoms with Gasteiger partial charge in [0, 0.05) is 12.8 Å². The number of benzene rings is 1. The van der Waals surface area contributed by atoms with Gasteiger partial charge < -0.3 is 31.7 Å². The number of carboxylic acid groups (broad SMARTS) is 3. The monoisotopic (exact) mass is 423 g/mol. The zero-order valence-corrected chi connectivity index (χ0v) is 16.1. The molecule has 7 N–H and O–H groups in total. The maximum Gasteiger partial charge on any atom is 0.326 e. The van der Waals surface area contributed by atoms with Crippen molar-refractivity contribution in [2.75, 3.05) is 0 Å². The number of amides is 2. The van der Waals surface area contributed by atoms with Gasteiger partial charge in [0.2, 0.25) is 11.8 Å². The highest BCUT2D eigenvalue weighted by Crippen LogP contribution is 2.05. The third-order valence-electron chi connectivity index (χ3n) is 4.18. The molecule has 11 heteroatoms. The van der Waals surface area contributed by atoms with Crippen molar-refractivity contribution in [2.24, 2.45) is 5.73 Å². The van der Waals surface area contributed by atoms with E-state index < -0.39 is 60.7 Å². The quantitative estimate of drug-likeness (QED) is 0.238. The standard InChI is InChI=1S/C19H25N3O8/c20-12(10-11-4-2-1-3-5-11)17(27)21-13(6-8-15(23)24)18(28)22-14(19(29)30)7-9-16(25)26/h1-5,12-14H,6-10,20H2,(H,21,27)(H,22,28)(H,23,24)(H,25,26)(H,29,30)/t12-,13-,14+/m1/s1. The van der Waals surface area contributed by atoms with Gasteiger partial charge >= 0.3 is 17.9 Å². The molecule has 11 nitrogen and oxygen atoms in total. The molecule has 0 aromatic heterocycles. The molecule has 0 aliphatic rings. The molecule has 164 valence electrons. The molecule has 0 aliphatic carbocycles. The number of carbonyl (C=O) groups is 5. The molecule has 3 atom stereocenters. The van der Waals surface area contributed by atoms with E-state index in [9.17, 15) is 24.0 Å². The number of hydrogen-bond acceptors (Lipinski definition) is 6. The maximum atomic E-state index is 12.5. The molecule has 0 fully saturated rings. The van der Waals surface area contributed by atoms with Gasteiger partial charge in [0.25, 0.3) is 0 Å². The SMILES string of the molecule is N[C@H](Cc1ccccc1)C(=O)N[C@H](CCC(=O)O)C(=O)N[C@@H](CCC(=O)O)C(=O)O. The average Bonchev–Trinajstić information content (AvgIpc) is 2.68. The van der Waals surface area contributed by atoms with Gasteiger partial charge in [0.05, 0.1) is 6.04 Å². The van der Waals surface area contributed by atoms with Crippen LogP contribution in [0.4, 0.5) is 0 Å². The molecule has 1 rings (SSSR count). The second-order valence-electron chi connectivity index (χ2n) is 6.62. The van der Waals surface area contributed by atoms with Crippen LogP contribution in [0.15, 0.2) is 30.3 Å². The summed E-state index contributed by atoms with van der Waals surface area (Å²) in [7, 11) is 0. The minimum absolute atomic E-state index is 0.177. The fourth-order valence-corrected chi connectivity index (χ4v) is 2.57. The summed E-state index contributed by atoms with van der Waals surface area (Å²) in [6.45, 7) is 0. The molecule has 0 saturated heterocycles. The van der Waals surface area contributed by atoms with E-state index in [1.807, 2.05) is 0 Å². The van der Waals surface area contributed by atoms with E-state index in [1.54, 1.807) is 30.3 Å². The molecule has 0 spiro atoms. The Hall–Kier alpha value is -3.47. The number of hydrogen-bond donors (Lipinski definition) is 6. The fourth-order valence-electron chi connectivity index (χ4n) is 2.57. The normalized spacial score (nSPS) is 13.5. The molecule has 1 aromatic carbocycles. The molecule has 0 saturated carbocycles. The Balaban J connectivity index is 2.81. The van der Waals surface area contributed by atoms with Gasteiger partial charge in [0.15, 0.2) is 0 Å². The van der Waals surface area contributed by atoms with Crippen molar-refractivity contribution in [3.8, 4) is 0 Å². The van der Waals surface area contributed by atoms with Crippen LogP contribution in [-0.2, 0) is 30.4 Å². The van der Waals surface area contributed by atoms with E-state index in [0.29, 0.717) is 0 Å². The number of rotatable bonds is 13. The summed E-state index contributed by atoms with van der Waals surface area (Å²) in [5.74, 6) is -5.54. The zero-order valence-electron chi connectivity index (χ0n) is 16.1. The van der Waals surface area contributed by atoms with Crippen LogP contribution in [0.2, 0.25) is 0 Å². The van der Waals surface area contributed by atoms with Gasteiger partial charge in [-0.15, -0.1) is 0 Å². The van der Waals surface area contributed by atoms with Gasteiger partial charge in [0.1, 0.15) is 12.1 Å². The Kier molecular flexibility index (Phi) is 9.97. The summed E-state index contributed by atoms with van der Waals surface area (Å²) < 4.78 is 0. The van der Waals surface area contributed by atoms with Crippen molar-refractivity contribution in [1.82, 2.24) is 10.6 Å². The molecule has 2 amide bonds. The van der Waals surface area contributed by atoms with Crippen LogP contribution in [0.1, 0.15) is 31.2 Å². The summed E-state index contributed by atoms with van der Waals surface area (Å²) in [6.07, 6.45) is -1.44. The molecule has 0 unspecified atom stereocenters. The number of nitrogens with two attached hydrogens (primary N) is 1. The summed E-state index contributed by atoms with van der Waals surface area (Å²) in [5.41, 5.74) is 6.65. The highest BCUT2D eigenvalue weighted by atomic mass is 16.4. The molecular formula is C19H25N3O8. The van der Waals surface area contributed by atoms with Crippen LogP contribution in [0.3, 0.4) is 0 Å². The number of aliphatic carboxylic acids is 3. The average molecular weight is 423 g/mol. The van der Waals surface area contributed by atoms with E-state index in [4.69, 9.17) is 21.1 Å². The molecule has 0 heterocycles. The molecule has 1 aromatic rings. The topological polar surface area (TPSA) is 196 Å². The fraction of sp³-hybridized carbons (Fsp3) is 0.421. The molecule has 0 bridgehead atoms. The van der Waals surface area contributed by atoms with E-state index >= 15 is 0 Å². The van der Waals surface area contributed by atoms with Gasteiger partial charge in [-0.2, -0.15) is 0 Å². The van der Waals surface area contributed by atoms with Crippen molar-refractivity contribution in [3.05, 3.63) is 35.9 Å². The first-order valence-electron chi connectivity index (χ1n) is 9.16. The third-order valence-corrected chi connectivity index (χ3v) is 4.18. The van der Waals surface area contributed by atoms with Gasteiger partial charge in [-0.1, -0.05) is 30.3 Å². The first-order valence-corrected chi connectivity index (χ1v) is 9.16. The predicted molar refractivity (Wildman–Crippen MR) is 103 cm³/mol. The smallest absolute Gasteiger partial charge is 0.326 e. The molecule has 0 radical (unpaired) electrons. The van der Waals surface area contributed by atoms with Crippen molar-refractivity contribution >= 4 is 29.7 Å². The van der Waals surface area contributed by atoms with E-state index in [-0.39, 0.29) is 19.3 Å². The Labute approximate surface area is 172 Å². The van der Waals surface area contributed by atoms with E-state index in [2.05, 4.69) is 10.6 Å². The number of carboxylic acids is 3.